The average Bonchev–Trinajstić information content (AvgIpc) is 2.80. The van der Waals surface area contributed by atoms with E-state index in [0.717, 1.165) is 32.1 Å². The molecule has 0 heterocycles. The van der Waals surface area contributed by atoms with Gasteiger partial charge < -0.3 is 0 Å². The zero-order valence-corrected chi connectivity index (χ0v) is 17.6. The van der Waals surface area contributed by atoms with Crippen LogP contribution in [0.2, 0.25) is 0 Å². The second kappa shape index (κ2) is 10.1. The third kappa shape index (κ3) is 5.70. The summed E-state index contributed by atoms with van der Waals surface area (Å²) in [5, 5.41) is 0. The molecule has 0 spiro atoms. The predicted molar refractivity (Wildman–Crippen MR) is 128 cm³/mol. The highest BCUT2D eigenvalue weighted by Gasteiger charge is 2.31. The van der Waals surface area contributed by atoms with Crippen LogP contribution in [0.4, 0.5) is 0 Å². The van der Waals surface area contributed by atoms with Crippen molar-refractivity contribution in [2.45, 2.75) is 32.1 Å². The molecule has 0 unspecified atom stereocenters. The van der Waals surface area contributed by atoms with Gasteiger partial charge in [0.25, 0.3) is 0 Å². The highest BCUT2D eigenvalue weighted by Crippen LogP contribution is 2.37. The lowest BCUT2D eigenvalue weighted by Gasteiger charge is -2.35. The predicted octanol–water partition coefficient (Wildman–Crippen LogP) is 7.33. The molecule has 150 valence electrons. The fourth-order valence-electron chi connectivity index (χ4n) is 4.59. The minimum Gasteiger partial charge on any atom is -0.0622 e. The third-order valence-corrected chi connectivity index (χ3v) is 6.05. The van der Waals surface area contributed by atoms with Crippen molar-refractivity contribution in [1.82, 2.24) is 0 Å². The Morgan fingerprint density at radius 1 is 0.367 bits per heavy atom. The Kier molecular flexibility index (Phi) is 6.77. The van der Waals surface area contributed by atoms with Crippen LogP contribution in [-0.2, 0) is 25.7 Å². The third-order valence-electron chi connectivity index (χ3n) is 6.05. The number of benzene rings is 4. The maximum absolute atomic E-state index is 2.28. The molecule has 0 N–H and O–H groups in total. The van der Waals surface area contributed by atoms with E-state index in [4.69, 9.17) is 0 Å². The van der Waals surface area contributed by atoms with Crippen LogP contribution in [0.15, 0.2) is 121 Å². The first kappa shape index (κ1) is 20.2. The molecule has 0 nitrogen and oxygen atoms in total. The second-order valence-corrected chi connectivity index (χ2v) is 8.47. The van der Waals surface area contributed by atoms with Gasteiger partial charge in [-0.2, -0.15) is 0 Å². The van der Waals surface area contributed by atoms with E-state index in [0.29, 0.717) is 0 Å². The fourth-order valence-corrected chi connectivity index (χ4v) is 4.59. The Bertz CT molecular complexity index is 887. The summed E-state index contributed by atoms with van der Waals surface area (Å²) in [6, 6.07) is 44.0. The zero-order valence-electron chi connectivity index (χ0n) is 17.6. The van der Waals surface area contributed by atoms with Gasteiger partial charge in [0, 0.05) is 0 Å². The van der Waals surface area contributed by atoms with Gasteiger partial charge in [-0.05, 0) is 59.8 Å². The molecule has 0 radical (unpaired) electrons. The first-order valence-electron chi connectivity index (χ1n) is 11.0. The lowest BCUT2D eigenvalue weighted by molar-refractivity contribution is 0.254. The molecular weight excluding hydrogens is 360 g/mol. The van der Waals surface area contributed by atoms with Crippen LogP contribution < -0.4 is 0 Å². The first-order valence-corrected chi connectivity index (χ1v) is 11.0. The van der Waals surface area contributed by atoms with Gasteiger partial charge >= 0.3 is 0 Å². The van der Waals surface area contributed by atoms with Crippen LogP contribution in [0.1, 0.15) is 28.7 Å². The van der Waals surface area contributed by atoms with Crippen molar-refractivity contribution in [3.63, 3.8) is 0 Å². The summed E-state index contributed by atoms with van der Waals surface area (Å²) < 4.78 is 0. The maximum atomic E-state index is 2.28. The summed E-state index contributed by atoms with van der Waals surface area (Å²) in [5.41, 5.74) is 5.88. The van der Waals surface area contributed by atoms with Gasteiger partial charge in [0.05, 0.1) is 0 Å². The molecule has 0 aliphatic rings. The molecule has 4 rings (SSSR count). The molecule has 30 heavy (non-hydrogen) atoms. The Morgan fingerprint density at radius 2 is 0.667 bits per heavy atom. The lowest BCUT2D eigenvalue weighted by Crippen LogP contribution is -2.30. The van der Waals surface area contributed by atoms with Crippen LogP contribution in [-0.4, -0.2) is 0 Å². The molecule has 0 atom stereocenters. The van der Waals surface area contributed by atoms with Crippen molar-refractivity contribution in [1.29, 1.82) is 0 Å². The van der Waals surface area contributed by atoms with Crippen LogP contribution in [0.5, 0.6) is 0 Å². The lowest BCUT2D eigenvalue weighted by atomic mass is 9.69. The molecule has 0 saturated heterocycles. The average molecular weight is 391 g/mol. The van der Waals surface area contributed by atoms with Crippen molar-refractivity contribution < 1.29 is 0 Å². The minimum atomic E-state index is 0.167. The SMILES string of the molecule is c1ccc(CCC(Cc2ccccc2)(Cc2ccccc2)Cc2ccccc2)cc1. The van der Waals surface area contributed by atoms with Crippen molar-refractivity contribution in [3.8, 4) is 0 Å². The Morgan fingerprint density at radius 3 is 1.00 bits per heavy atom. The zero-order chi connectivity index (χ0) is 20.5. The van der Waals surface area contributed by atoms with Crippen molar-refractivity contribution >= 4 is 0 Å². The van der Waals surface area contributed by atoms with E-state index >= 15 is 0 Å². The molecule has 4 aromatic carbocycles. The number of rotatable bonds is 9. The Hall–Kier alpha value is -3.12. The largest absolute Gasteiger partial charge is 0.0622 e. The van der Waals surface area contributed by atoms with E-state index < -0.39 is 0 Å². The van der Waals surface area contributed by atoms with Crippen molar-refractivity contribution in [2.24, 2.45) is 5.41 Å². The summed E-state index contributed by atoms with van der Waals surface area (Å²) >= 11 is 0. The molecule has 0 aliphatic carbocycles. The quantitative estimate of drug-likeness (QED) is 0.280. The smallest absolute Gasteiger partial charge is 0.0173 e. The van der Waals surface area contributed by atoms with Gasteiger partial charge in [-0.3, -0.25) is 0 Å². The summed E-state index contributed by atoms with van der Waals surface area (Å²) in [7, 11) is 0. The van der Waals surface area contributed by atoms with Gasteiger partial charge in [-0.1, -0.05) is 121 Å². The van der Waals surface area contributed by atoms with Crippen LogP contribution >= 0.6 is 0 Å². The van der Waals surface area contributed by atoms with Gasteiger partial charge in [0.1, 0.15) is 0 Å². The molecule has 0 saturated carbocycles. The van der Waals surface area contributed by atoms with Crippen molar-refractivity contribution in [2.75, 3.05) is 0 Å². The highest BCUT2D eigenvalue weighted by atomic mass is 14.3. The van der Waals surface area contributed by atoms with E-state index in [1.807, 2.05) is 0 Å². The van der Waals surface area contributed by atoms with Gasteiger partial charge in [0.2, 0.25) is 0 Å². The van der Waals surface area contributed by atoms with Gasteiger partial charge in [-0.15, -0.1) is 0 Å². The van der Waals surface area contributed by atoms with Crippen molar-refractivity contribution in [3.05, 3.63) is 144 Å². The number of hydrogen-bond donors (Lipinski definition) is 0. The second-order valence-electron chi connectivity index (χ2n) is 8.47. The summed E-state index contributed by atoms with van der Waals surface area (Å²) in [6.45, 7) is 0. The van der Waals surface area contributed by atoms with E-state index in [-0.39, 0.29) is 5.41 Å². The number of hydrogen-bond acceptors (Lipinski definition) is 0. The molecule has 0 bridgehead atoms. The highest BCUT2D eigenvalue weighted by molar-refractivity contribution is 5.25. The van der Waals surface area contributed by atoms with Crippen LogP contribution in [0.25, 0.3) is 0 Å². The fraction of sp³-hybridized carbons (Fsp3) is 0.200. The normalized spacial score (nSPS) is 11.3. The summed E-state index contributed by atoms with van der Waals surface area (Å²) in [6.07, 6.45) is 5.53. The number of aryl methyl sites for hydroxylation is 1. The van der Waals surface area contributed by atoms with Crippen LogP contribution in [0.3, 0.4) is 0 Å². The molecule has 0 amide bonds. The van der Waals surface area contributed by atoms with E-state index in [9.17, 15) is 0 Å². The molecule has 0 fully saturated rings. The minimum absolute atomic E-state index is 0.167. The molecule has 0 heteroatoms. The molecular formula is C30H30. The maximum Gasteiger partial charge on any atom is -0.0173 e. The standard InChI is InChI=1S/C30H30/c1-5-13-26(14-6-1)21-22-30(23-27-15-7-2-8-16-27,24-28-17-9-3-10-18-28)25-29-19-11-4-12-20-29/h1-20H,21-25H2. The van der Waals surface area contributed by atoms with Gasteiger partial charge in [0.15, 0.2) is 0 Å². The first-order chi connectivity index (χ1) is 14.8. The molecule has 0 aliphatic heterocycles. The van der Waals surface area contributed by atoms with E-state index in [1.54, 1.807) is 0 Å². The summed E-state index contributed by atoms with van der Waals surface area (Å²) in [5.74, 6) is 0. The molecule has 0 aromatic heterocycles. The van der Waals surface area contributed by atoms with Crippen LogP contribution in [0, 0.1) is 5.41 Å². The Balaban J connectivity index is 1.69. The van der Waals surface area contributed by atoms with E-state index in [2.05, 4.69) is 121 Å². The molecule has 4 aromatic rings. The Labute approximate surface area is 181 Å². The van der Waals surface area contributed by atoms with E-state index in [1.165, 1.54) is 22.3 Å². The summed E-state index contributed by atoms with van der Waals surface area (Å²) in [4.78, 5) is 0. The topological polar surface area (TPSA) is 0 Å². The monoisotopic (exact) mass is 390 g/mol. The van der Waals surface area contributed by atoms with Gasteiger partial charge in [-0.25, -0.2) is 0 Å².